The van der Waals surface area contributed by atoms with Gasteiger partial charge in [-0.05, 0) is 32.1 Å². The van der Waals surface area contributed by atoms with Crippen LogP contribution in [0.1, 0.15) is 40.0 Å². The van der Waals surface area contributed by atoms with Gasteiger partial charge in [-0.15, -0.1) is 0 Å². The number of allylic oxidation sites excluding steroid dienone is 1. The number of rotatable bonds is 7. The molecular formula is C12H23NO2. The van der Waals surface area contributed by atoms with Crippen molar-refractivity contribution in [2.24, 2.45) is 5.92 Å². The zero-order valence-corrected chi connectivity index (χ0v) is 9.99. The van der Waals surface area contributed by atoms with Crippen molar-refractivity contribution in [3.8, 4) is 0 Å². The number of aliphatic hydroxyl groups is 1. The Bertz CT molecular complexity index is 200. The molecule has 0 saturated carbocycles. The van der Waals surface area contributed by atoms with E-state index in [4.69, 9.17) is 0 Å². The van der Waals surface area contributed by atoms with Crippen molar-refractivity contribution in [1.82, 2.24) is 5.32 Å². The Balaban J connectivity index is 3.35. The first-order valence-corrected chi connectivity index (χ1v) is 5.61. The molecule has 0 aromatic carbocycles. The monoisotopic (exact) mass is 213 g/mol. The van der Waals surface area contributed by atoms with Gasteiger partial charge in [-0.3, -0.25) is 4.79 Å². The summed E-state index contributed by atoms with van der Waals surface area (Å²) in [5, 5.41) is 12.0. The molecule has 3 nitrogen and oxygen atoms in total. The topological polar surface area (TPSA) is 49.3 Å². The van der Waals surface area contributed by atoms with Crippen molar-refractivity contribution in [3.63, 3.8) is 0 Å². The second-order valence-electron chi connectivity index (χ2n) is 4.04. The van der Waals surface area contributed by atoms with Gasteiger partial charge < -0.3 is 10.4 Å². The van der Waals surface area contributed by atoms with E-state index in [-0.39, 0.29) is 12.0 Å². The van der Waals surface area contributed by atoms with E-state index in [1.54, 1.807) is 0 Å². The fourth-order valence-corrected chi connectivity index (χ4v) is 1.17. The molecule has 0 saturated heterocycles. The lowest BCUT2D eigenvalue weighted by Crippen LogP contribution is -2.20. The summed E-state index contributed by atoms with van der Waals surface area (Å²) in [7, 11) is 0. The van der Waals surface area contributed by atoms with Gasteiger partial charge in [0.2, 0.25) is 5.91 Å². The van der Waals surface area contributed by atoms with Gasteiger partial charge in [0.15, 0.2) is 0 Å². The Morgan fingerprint density at radius 1 is 1.33 bits per heavy atom. The Labute approximate surface area is 92.6 Å². The Hall–Kier alpha value is -0.830. The zero-order valence-electron chi connectivity index (χ0n) is 9.99. The van der Waals surface area contributed by atoms with E-state index < -0.39 is 0 Å². The van der Waals surface area contributed by atoms with E-state index in [9.17, 15) is 9.90 Å². The van der Waals surface area contributed by atoms with E-state index in [1.165, 1.54) is 6.92 Å². The van der Waals surface area contributed by atoms with Gasteiger partial charge >= 0.3 is 0 Å². The van der Waals surface area contributed by atoms with Gasteiger partial charge in [-0.25, -0.2) is 0 Å². The van der Waals surface area contributed by atoms with Crippen LogP contribution in [0.25, 0.3) is 0 Å². The van der Waals surface area contributed by atoms with Gasteiger partial charge in [-0.1, -0.05) is 19.1 Å². The first-order chi connectivity index (χ1) is 7.04. The Kier molecular flexibility index (Phi) is 8.01. The van der Waals surface area contributed by atoms with Crippen LogP contribution in [0.15, 0.2) is 12.2 Å². The van der Waals surface area contributed by atoms with Gasteiger partial charge in [0.05, 0.1) is 6.10 Å². The van der Waals surface area contributed by atoms with Crippen LogP contribution in [0, 0.1) is 5.92 Å². The first-order valence-electron chi connectivity index (χ1n) is 5.61. The minimum atomic E-state index is -0.224. The van der Waals surface area contributed by atoms with Crippen LogP contribution in [0.3, 0.4) is 0 Å². The van der Waals surface area contributed by atoms with Crippen LogP contribution < -0.4 is 5.32 Å². The van der Waals surface area contributed by atoms with E-state index in [0.29, 0.717) is 12.5 Å². The molecule has 1 amide bonds. The molecule has 0 radical (unpaired) electrons. The average molecular weight is 213 g/mol. The van der Waals surface area contributed by atoms with Gasteiger partial charge in [0.25, 0.3) is 0 Å². The molecule has 0 rings (SSSR count). The molecule has 3 heteroatoms. The molecule has 0 aromatic heterocycles. The minimum Gasteiger partial charge on any atom is -0.393 e. The third-order valence-electron chi connectivity index (χ3n) is 2.46. The molecule has 0 aliphatic carbocycles. The van der Waals surface area contributed by atoms with Crippen LogP contribution in [-0.4, -0.2) is 23.7 Å². The normalized spacial score (nSPS) is 15.2. The lowest BCUT2D eigenvalue weighted by atomic mass is 10.0. The summed E-state index contributed by atoms with van der Waals surface area (Å²) in [6.07, 6.45) is 6.84. The summed E-state index contributed by atoms with van der Waals surface area (Å²) >= 11 is 0. The Morgan fingerprint density at radius 3 is 2.47 bits per heavy atom. The molecule has 0 aliphatic heterocycles. The molecule has 2 N–H and O–H groups in total. The largest absolute Gasteiger partial charge is 0.393 e. The van der Waals surface area contributed by atoms with Gasteiger partial charge in [0, 0.05) is 13.5 Å². The predicted octanol–water partition coefficient (Wildman–Crippen LogP) is 1.87. The third-order valence-corrected chi connectivity index (χ3v) is 2.46. The average Bonchev–Trinajstić information content (AvgIpc) is 2.15. The van der Waals surface area contributed by atoms with E-state index in [2.05, 4.69) is 24.4 Å². The zero-order chi connectivity index (χ0) is 11.7. The predicted molar refractivity (Wildman–Crippen MR) is 62.5 cm³/mol. The quantitative estimate of drug-likeness (QED) is 0.501. The number of nitrogens with one attached hydrogen (secondary N) is 1. The molecule has 0 aliphatic rings. The second kappa shape index (κ2) is 8.48. The molecule has 88 valence electrons. The van der Waals surface area contributed by atoms with Crippen LogP contribution >= 0.6 is 0 Å². The number of hydrogen-bond donors (Lipinski definition) is 2. The highest BCUT2D eigenvalue weighted by atomic mass is 16.3. The van der Waals surface area contributed by atoms with Crippen LogP contribution in [0.4, 0.5) is 0 Å². The number of hydrogen-bond acceptors (Lipinski definition) is 2. The number of carbonyl (C=O) groups is 1. The van der Waals surface area contributed by atoms with Crippen molar-refractivity contribution < 1.29 is 9.90 Å². The lowest BCUT2D eigenvalue weighted by Gasteiger charge is -2.12. The molecule has 0 bridgehead atoms. The smallest absolute Gasteiger partial charge is 0.216 e. The maximum atomic E-state index is 10.5. The lowest BCUT2D eigenvalue weighted by molar-refractivity contribution is -0.118. The van der Waals surface area contributed by atoms with Crippen molar-refractivity contribution in [2.45, 2.75) is 46.1 Å². The van der Waals surface area contributed by atoms with Crippen LogP contribution in [-0.2, 0) is 4.79 Å². The Morgan fingerprint density at radius 2 is 1.93 bits per heavy atom. The summed E-state index contributed by atoms with van der Waals surface area (Å²) < 4.78 is 0. The van der Waals surface area contributed by atoms with Crippen molar-refractivity contribution in [3.05, 3.63) is 12.2 Å². The van der Waals surface area contributed by atoms with Crippen molar-refractivity contribution in [2.75, 3.05) is 6.54 Å². The summed E-state index contributed by atoms with van der Waals surface area (Å²) in [5.41, 5.74) is 0. The fraction of sp³-hybridized carbons (Fsp3) is 0.750. The standard InChI is InChI=1S/C12H23NO2/c1-10(11(2)14)8-6-4-5-7-9-13-12(3)15/h4-5,10-11,14H,6-9H2,1-3H3,(H,13,15). The number of carbonyl (C=O) groups excluding carboxylic acids is 1. The number of amides is 1. The van der Waals surface area contributed by atoms with Crippen LogP contribution in [0.5, 0.6) is 0 Å². The highest BCUT2D eigenvalue weighted by Gasteiger charge is 2.06. The molecule has 0 spiro atoms. The van der Waals surface area contributed by atoms with E-state index >= 15 is 0 Å². The maximum Gasteiger partial charge on any atom is 0.216 e. The third kappa shape index (κ3) is 9.47. The molecule has 0 aromatic rings. The van der Waals surface area contributed by atoms with E-state index in [1.807, 2.05) is 6.92 Å². The molecule has 0 heterocycles. The molecular weight excluding hydrogens is 190 g/mol. The minimum absolute atomic E-state index is 0.0196. The molecule has 2 atom stereocenters. The summed E-state index contributed by atoms with van der Waals surface area (Å²) in [4.78, 5) is 10.5. The summed E-state index contributed by atoms with van der Waals surface area (Å²) in [5.74, 6) is 0.371. The van der Waals surface area contributed by atoms with Crippen LogP contribution in [0.2, 0.25) is 0 Å². The van der Waals surface area contributed by atoms with E-state index in [0.717, 1.165) is 19.3 Å². The molecule has 15 heavy (non-hydrogen) atoms. The maximum absolute atomic E-state index is 10.5. The van der Waals surface area contributed by atoms with Crippen molar-refractivity contribution in [1.29, 1.82) is 0 Å². The first kappa shape index (κ1) is 14.2. The highest BCUT2D eigenvalue weighted by molar-refractivity contribution is 5.72. The van der Waals surface area contributed by atoms with Crippen molar-refractivity contribution >= 4 is 5.91 Å². The summed E-state index contributed by atoms with van der Waals surface area (Å²) in [6, 6.07) is 0. The second-order valence-corrected chi connectivity index (χ2v) is 4.04. The molecule has 2 unspecified atom stereocenters. The number of aliphatic hydroxyl groups excluding tert-OH is 1. The highest BCUT2D eigenvalue weighted by Crippen LogP contribution is 2.10. The summed E-state index contributed by atoms with van der Waals surface area (Å²) in [6.45, 7) is 6.10. The molecule has 0 fully saturated rings. The SMILES string of the molecule is CC(=O)NCCC=CCCC(C)C(C)O. The van der Waals surface area contributed by atoms with Gasteiger partial charge in [-0.2, -0.15) is 0 Å². The fourth-order valence-electron chi connectivity index (χ4n) is 1.17. The van der Waals surface area contributed by atoms with Gasteiger partial charge in [0.1, 0.15) is 0 Å².